The Morgan fingerprint density at radius 2 is 1.50 bits per heavy atom. The highest BCUT2D eigenvalue weighted by Crippen LogP contribution is 2.76. The summed E-state index contributed by atoms with van der Waals surface area (Å²) in [6, 6.07) is 3.70. The third kappa shape index (κ3) is 4.06. The van der Waals surface area contributed by atoms with Gasteiger partial charge in [-0.05, 0) is 127 Å². The lowest BCUT2D eigenvalue weighted by atomic mass is 9.33. The Balaban J connectivity index is 1.51. The van der Waals surface area contributed by atoms with Crippen molar-refractivity contribution in [2.75, 3.05) is 0 Å². The highest BCUT2D eigenvalue weighted by molar-refractivity contribution is 6.73. The maximum absolute atomic E-state index is 12.9. The van der Waals surface area contributed by atoms with E-state index in [4.69, 9.17) is 4.43 Å². The average molecular weight is 571 g/mol. The van der Waals surface area contributed by atoms with Gasteiger partial charge in [-0.3, -0.25) is 4.79 Å². The van der Waals surface area contributed by atoms with E-state index in [2.05, 4.69) is 75.3 Å². The highest BCUT2D eigenvalue weighted by atomic mass is 28.4. The number of aliphatic carboxylic acids is 1. The number of hydrogen-bond acceptors (Lipinski definition) is 2. The Morgan fingerprint density at radius 3 is 2.10 bits per heavy atom. The van der Waals surface area contributed by atoms with Gasteiger partial charge in [0.25, 0.3) is 0 Å². The average Bonchev–Trinajstić information content (AvgIpc) is 2.88. The lowest BCUT2D eigenvalue weighted by Crippen LogP contribution is -2.65. The molecule has 0 radical (unpaired) electrons. The molecule has 3 nitrogen and oxygen atoms in total. The summed E-state index contributed by atoms with van der Waals surface area (Å²) >= 11 is 0. The van der Waals surface area contributed by atoms with Gasteiger partial charge in [0.05, 0.1) is 11.5 Å². The first-order valence-electron chi connectivity index (χ1n) is 17.1. The van der Waals surface area contributed by atoms with Crippen LogP contribution in [0.5, 0.6) is 0 Å². The van der Waals surface area contributed by atoms with E-state index in [1.165, 1.54) is 43.8 Å². The minimum absolute atomic E-state index is 0.104. The van der Waals surface area contributed by atoms with E-state index in [0.29, 0.717) is 23.4 Å². The predicted molar refractivity (Wildman–Crippen MR) is 169 cm³/mol. The third-order valence-electron chi connectivity index (χ3n) is 15.3. The van der Waals surface area contributed by atoms with Crippen molar-refractivity contribution in [2.24, 2.45) is 50.2 Å². The summed E-state index contributed by atoms with van der Waals surface area (Å²) in [7, 11) is -1.66. The molecular formula is C36H62O3Si. The fourth-order valence-corrected chi connectivity index (χ4v) is 15.1. The first-order chi connectivity index (χ1) is 18.5. The Morgan fingerprint density at radius 1 is 0.875 bits per heavy atom. The maximum atomic E-state index is 12.9. The molecule has 228 valence electrons. The summed E-state index contributed by atoms with van der Waals surface area (Å²) in [6.07, 6.45) is 14.0. The molecule has 4 heteroatoms. The van der Waals surface area contributed by atoms with Crippen LogP contribution in [0.2, 0.25) is 18.1 Å². The second-order valence-corrected chi connectivity index (χ2v) is 22.1. The monoisotopic (exact) mass is 570 g/mol. The van der Waals surface area contributed by atoms with E-state index in [9.17, 15) is 9.90 Å². The van der Waals surface area contributed by atoms with Crippen LogP contribution in [-0.2, 0) is 9.22 Å². The summed E-state index contributed by atoms with van der Waals surface area (Å²) in [5.41, 5.74) is 2.06. The van der Waals surface area contributed by atoms with Gasteiger partial charge in [-0.15, -0.1) is 0 Å². The minimum Gasteiger partial charge on any atom is -0.481 e. The molecule has 0 unspecified atom stereocenters. The molecule has 0 aromatic rings. The molecule has 0 saturated heterocycles. The quantitative estimate of drug-likeness (QED) is 0.255. The second-order valence-electron chi connectivity index (χ2n) is 17.4. The predicted octanol–water partition coefficient (Wildman–Crippen LogP) is 10.3. The SMILES string of the molecule is CC[Si](CC)(CC)O[C@H]1CC[C@]2(C)[C@H]3CC=C4[C@@H]5CC(C)(C)CC[C@]5(C(=O)O)CC[C@@]4(C)[C@]3(C)CC[C@H]2C1(C)C. The molecule has 5 aliphatic carbocycles. The summed E-state index contributed by atoms with van der Waals surface area (Å²) in [4.78, 5) is 12.9. The Hall–Kier alpha value is -0.613. The first-order valence-corrected chi connectivity index (χ1v) is 19.7. The number of carboxylic acids is 1. The molecular weight excluding hydrogens is 508 g/mol. The van der Waals surface area contributed by atoms with Crippen LogP contribution in [0.1, 0.15) is 133 Å². The molecule has 0 aromatic heterocycles. The summed E-state index contributed by atoms with van der Waals surface area (Å²) in [6.45, 7) is 24.9. The van der Waals surface area contributed by atoms with Gasteiger partial charge in [0, 0.05) is 0 Å². The lowest BCUT2D eigenvalue weighted by Gasteiger charge is -2.71. The van der Waals surface area contributed by atoms with Crippen LogP contribution < -0.4 is 0 Å². The van der Waals surface area contributed by atoms with Gasteiger partial charge in [-0.2, -0.15) is 0 Å². The fraction of sp³-hybridized carbons (Fsp3) is 0.917. The van der Waals surface area contributed by atoms with E-state index in [1.807, 2.05) is 0 Å². The molecule has 0 aromatic carbocycles. The normalized spacial score (nSPS) is 45.8. The highest BCUT2D eigenvalue weighted by Gasteiger charge is 2.69. The van der Waals surface area contributed by atoms with Gasteiger partial charge in [0.1, 0.15) is 0 Å². The van der Waals surface area contributed by atoms with Crippen LogP contribution in [0, 0.1) is 50.2 Å². The molecule has 8 atom stereocenters. The van der Waals surface area contributed by atoms with Crippen molar-refractivity contribution in [1.29, 1.82) is 0 Å². The number of allylic oxidation sites excluding steroid dienone is 2. The van der Waals surface area contributed by atoms with Crippen molar-refractivity contribution >= 4 is 14.3 Å². The number of hydrogen-bond donors (Lipinski definition) is 1. The smallest absolute Gasteiger partial charge is 0.310 e. The van der Waals surface area contributed by atoms with Crippen LogP contribution in [0.15, 0.2) is 11.6 Å². The van der Waals surface area contributed by atoms with Crippen LogP contribution in [-0.4, -0.2) is 25.5 Å². The molecule has 0 bridgehead atoms. The van der Waals surface area contributed by atoms with Crippen molar-refractivity contribution in [3.63, 3.8) is 0 Å². The van der Waals surface area contributed by atoms with Gasteiger partial charge in [0.2, 0.25) is 0 Å². The van der Waals surface area contributed by atoms with Crippen LogP contribution >= 0.6 is 0 Å². The van der Waals surface area contributed by atoms with Gasteiger partial charge < -0.3 is 9.53 Å². The number of carboxylic acid groups (broad SMARTS) is 1. The molecule has 4 saturated carbocycles. The Bertz CT molecular complexity index is 1030. The standard InChI is InChI=1S/C36H62O3Si/c1-11-40(12-2,13-3)39-29-17-18-33(8)27(32(29,6)7)16-19-35(10)28(33)15-14-25-26-24-31(4,5)20-22-36(26,30(37)38)23-21-34(25,35)9/h14,26-29H,11-13,15-24H2,1-10H3,(H,37,38)/t26-,27-,28+,29-,33-,34+,35+,36-/m0/s1. The van der Waals surface area contributed by atoms with Gasteiger partial charge in [-0.1, -0.05) is 80.9 Å². The zero-order chi connectivity index (χ0) is 29.6. The molecule has 0 aliphatic heterocycles. The van der Waals surface area contributed by atoms with Crippen LogP contribution in [0.4, 0.5) is 0 Å². The van der Waals surface area contributed by atoms with E-state index in [0.717, 1.165) is 38.5 Å². The second kappa shape index (κ2) is 9.70. The Kier molecular flexibility index (Phi) is 7.47. The zero-order valence-electron chi connectivity index (χ0n) is 27.8. The molecule has 0 amide bonds. The lowest BCUT2D eigenvalue weighted by molar-refractivity contribution is -0.203. The van der Waals surface area contributed by atoms with Crippen molar-refractivity contribution in [3.8, 4) is 0 Å². The minimum atomic E-state index is -1.66. The fourth-order valence-electron chi connectivity index (χ4n) is 12.1. The largest absolute Gasteiger partial charge is 0.481 e. The van der Waals surface area contributed by atoms with E-state index in [1.54, 1.807) is 5.57 Å². The number of rotatable bonds is 6. The molecule has 40 heavy (non-hydrogen) atoms. The molecule has 5 aliphatic rings. The van der Waals surface area contributed by atoms with Gasteiger partial charge >= 0.3 is 5.97 Å². The third-order valence-corrected chi connectivity index (χ3v) is 20.0. The van der Waals surface area contributed by atoms with E-state index >= 15 is 0 Å². The first kappa shape index (κ1) is 30.8. The van der Waals surface area contributed by atoms with Gasteiger partial charge in [0.15, 0.2) is 8.32 Å². The zero-order valence-corrected chi connectivity index (χ0v) is 28.8. The van der Waals surface area contributed by atoms with Crippen LogP contribution in [0.25, 0.3) is 0 Å². The number of carbonyl (C=O) groups is 1. The van der Waals surface area contributed by atoms with E-state index < -0.39 is 19.7 Å². The molecule has 5 rings (SSSR count). The summed E-state index contributed by atoms with van der Waals surface area (Å²) in [5, 5.41) is 10.6. The molecule has 0 spiro atoms. The Labute approximate surface area is 247 Å². The van der Waals surface area contributed by atoms with Gasteiger partial charge in [-0.25, -0.2) is 0 Å². The molecule has 0 heterocycles. The molecule has 4 fully saturated rings. The number of fused-ring (bicyclic) bond motifs is 7. The van der Waals surface area contributed by atoms with Crippen molar-refractivity contribution in [3.05, 3.63) is 11.6 Å². The van der Waals surface area contributed by atoms with Crippen molar-refractivity contribution < 1.29 is 14.3 Å². The maximum Gasteiger partial charge on any atom is 0.310 e. The van der Waals surface area contributed by atoms with Crippen LogP contribution in [0.3, 0.4) is 0 Å². The van der Waals surface area contributed by atoms with Crippen molar-refractivity contribution in [1.82, 2.24) is 0 Å². The summed E-state index contributed by atoms with van der Waals surface area (Å²) in [5.74, 6) is 1.02. The van der Waals surface area contributed by atoms with E-state index in [-0.39, 0.29) is 27.6 Å². The summed E-state index contributed by atoms with van der Waals surface area (Å²) < 4.78 is 7.29. The topological polar surface area (TPSA) is 46.5 Å². The molecule has 1 N–H and O–H groups in total. The van der Waals surface area contributed by atoms with Crippen molar-refractivity contribution in [2.45, 2.75) is 158 Å².